The van der Waals surface area contributed by atoms with E-state index < -0.39 is 0 Å². The molecule has 0 amide bonds. The number of nitrogens with zero attached hydrogens (tertiary/aromatic N) is 3. The SMILES string of the molecule is CN1C2C=C(c3nccnc3Cl)CC1CC2. The van der Waals surface area contributed by atoms with Crippen molar-refractivity contribution in [1.82, 2.24) is 14.9 Å². The van der Waals surface area contributed by atoms with Gasteiger partial charge < -0.3 is 0 Å². The van der Waals surface area contributed by atoms with Gasteiger partial charge in [-0.1, -0.05) is 17.7 Å². The summed E-state index contributed by atoms with van der Waals surface area (Å²) in [5.41, 5.74) is 2.14. The quantitative estimate of drug-likeness (QED) is 0.749. The van der Waals surface area contributed by atoms with Crippen LogP contribution >= 0.6 is 11.6 Å². The summed E-state index contributed by atoms with van der Waals surface area (Å²) in [6, 6.07) is 1.22. The van der Waals surface area contributed by atoms with Gasteiger partial charge in [-0.3, -0.25) is 9.88 Å². The van der Waals surface area contributed by atoms with Crippen LogP contribution in [0.1, 0.15) is 25.0 Å². The van der Waals surface area contributed by atoms with E-state index in [-0.39, 0.29) is 0 Å². The Morgan fingerprint density at radius 1 is 1.31 bits per heavy atom. The molecule has 16 heavy (non-hydrogen) atoms. The van der Waals surface area contributed by atoms with Gasteiger partial charge in [-0.15, -0.1) is 0 Å². The molecule has 2 aliphatic heterocycles. The molecule has 1 aromatic heterocycles. The molecule has 3 rings (SSSR count). The van der Waals surface area contributed by atoms with Crippen molar-refractivity contribution >= 4 is 17.2 Å². The summed E-state index contributed by atoms with van der Waals surface area (Å²) in [6.07, 6.45) is 9.23. The van der Waals surface area contributed by atoms with Gasteiger partial charge in [0, 0.05) is 24.5 Å². The second kappa shape index (κ2) is 3.82. The van der Waals surface area contributed by atoms with Crippen LogP contribution in [0.15, 0.2) is 18.5 Å². The second-order valence-corrected chi connectivity index (χ2v) is 4.91. The van der Waals surface area contributed by atoms with E-state index in [1.54, 1.807) is 12.4 Å². The van der Waals surface area contributed by atoms with Gasteiger partial charge in [-0.2, -0.15) is 0 Å². The van der Waals surface area contributed by atoms with Crippen molar-refractivity contribution in [3.8, 4) is 0 Å². The lowest BCUT2D eigenvalue weighted by Crippen LogP contribution is -2.34. The highest BCUT2D eigenvalue weighted by Crippen LogP contribution is 2.37. The first kappa shape index (κ1) is 10.2. The van der Waals surface area contributed by atoms with Crippen LogP contribution in [0.5, 0.6) is 0 Å². The molecule has 84 valence electrons. The van der Waals surface area contributed by atoms with Gasteiger partial charge in [0.2, 0.25) is 0 Å². The summed E-state index contributed by atoms with van der Waals surface area (Å²) in [4.78, 5) is 10.9. The van der Waals surface area contributed by atoms with Crippen molar-refractivity contribution in [3.63, 3.8) is 0 Å². The molecule has 2 bridgehead atoms. The predicted molar refractivity (Wildman–Crippen MR) is 64.2 cm³/mol. The van der Waals surface area contributed by atoms with Crippen LogP contribution in [0.3, 0.4) is 0 Å². The minimum atomic E-state index is 0.526. The van der Waals surface area contributed by atoms with Crippen LogP contribution in [0.25, 0.3) is 5.57 Å². The summed E-state index contributed by atoms with van der Waals surface area (Å²) in [5.74, 6) is 0. The van der Waals surface area contributed by atoms with E-state index in [9.17, 15) is 0 Å². The maximum absolute atomic E-state index is 6.08. The Morgan fingerprint density at radius 2 is 2.12 bits per heavy atom. The first-order valence-electron chi connectivity index (χ1n) is 5.65. The van der Waals surface area contributed by atoms with Crippen LogP contribution in [-0.4, -0.2) is 34.0 Å². The van der Waals surface area contributed by atoms with Gasteiger partial charge in [0.15, 0.2) is 5.15 Å². The summed E-state index contributed by atoms with van der Waals surface area (Å²) in [7, 11) is 2.20. The number of rotatable bonds is 1. The standard InChI is InChI=1S/C12H14ClN3/c1-16-9-2-3-10(16)7-8(6-9)11-12(13)15-5-4-14-11/h4-6,9-10H,2-3,7H2,1H3. The highest BCUT2D eigenvalue weighted by molar-refractivity contribution is 6.30. The average Bonchev–Trinajstić information content (AvgIpc) is 2.53. The van der Waals surface area contributed by atoms with Crippen molar-refractivity contribution in [2.75, 3.05) is 7.05 Å². The molecular weight excluding hydrogens is 222 g/mol. The first-order valence-corrected chi connectivity index (χ1v) is 6.03. The van der Waals surface area contributed by atoms with Crippen molar-refractivity contribution in [3.05, 3.63) is 29.3 Å². The average molecular weight is 236 g/mol. The normalized spacial score (nSPS) is 29.2. The minimum absolute atomic E-state index is 0.526. The molecule has 2 unspecified atom stereocenters. The molecule has 0 aliphatic carbocycles. The van der Waals surface area contributed by atoms with Gasteiger partial charge in [0.25, 0.3) is 0 Å². The number of likely N-dealkylation sites (N-methyl/N-ethyl adjacent to an activating group) is 1. The number of aromatic nitrogens is 2. The Labute approximate surface area is 100 Å². The Kier molecular flexibility index (Phi) is 2.45. The topological polar surface area (TPSA) is 29.0 Å². The number of fused-ring (bicyclic) bond motifs is 2. The molecule has 1 saturated heterocycles. The van der Waals surface area contributed by atoms with E-state index in [4.69, 9.17) is 11.6 Å². The molecule has 2 aliphatic rings. The highest BCUT2D eigenvalue weighted by atomic mass is 35.5. The fourth-order valence-corrected chi connectivity index (χ4v) is 2.98. The van der Waals surface area contributed by atoms with Gasteiger partial charge in [-0.05, 0) is 31.9 Å². The highest BCUT2D eigenvalue weighted by Gasteiger charge is 2.34. The summed E-state index contributed by atoms with van der Waals surface area (Å²) in [5, 5.41) is 0.526. The molecule has 3 heterocycles. The smallest absolute Gasteiger partial charge is 0.154 e. The molecule has 0 spiro atoms. The van der Waals surface area contributed by atoms with Gasteiger partial charge >= 0.3 is 0 Å². The molecule has 0 saturated carbocycles. The molecule has 1 fully saturated rings. The summed E-state index contributed by atoms with van der Waals surface area (Å²) < 4.78 is 0. The summed E-state index contributed by atoms with van der Waals surface area (Å²) in [6.45, 7) is 0. The zero-order valence-corrected chi connectivity index (χ0v) is 9.98. The largest absolute Gasteiger partial charge is 0.297 e. The third kappa shape index (κ3) is 1.55. The van der Waals surface area contributed by atoms with Gasteiger partial charge in [0.05, 0.1) is 0 Å². The molecular formula is C12H14ClN3. The van der Waals surface area contributed by atoms with Gasteiger partial charge in [0.1, 0.15) is 5.69 Å². The van der Waals surface area contributed by atoms with Gasteiger partial charge in [-0.25, -0.2) is 4.98 Å². The van der Waals surface area contributed by atoms with E-state index in [1.165, 1.54) is 18.4 Å². The van der Waals surface area contributed by atoms with Crippen molar-refractivity contribution in [1.29, 1.82) is 0 Å². The third-order valence-electron chi connectivity index (χ3n) is 3.70. The Balaban J connectivity index is 1.98. The molecule has 1 aromatic rings. The van der Waals surface area contributed by atoms with Crippen LogP contribution < -0.4 is 0 Å². The minimum Gasteiger partial charge on any atom is -0.297 e. The van der Waals surface area contributed by atoms with Crippen LogP contribution in [-0.2, 0) is 0 Å². The molecule has 2 atom stereocenters. The van der Waals surface area contributed by atoms with Crippen molar-refractivity contribution < 1.29 is 0 Å². The monoisotopic (exact) mass is 235 g/mol. The number of halogens is 1. The van der Waals surface area contributed by atoms with Crippen LogP contribution in [0, 0.1) is 0 Å². The fourth-order valence-electron chi connectivity index (χ4n) is 2.75. The van der Waals surface area contributed by atoms with Crippen LogP contribution in [0.2, 0.25) is 5.15 Å². The number of hydrogen-bond acceptors (Lipinski definition) is 3. The zero-order valence-electron chi connectivity index (χ0n) is 9.23. The third-order valence-corrected chi connectivity index (χ3v) is 3.98. The molecule has 0 radical (unpaired) electrons. The van der Waals surface area contributed by atoms with Crippen LogP contribution in [0.4, 0.5) is 0 Å². The van der Waals surface area contributed by atoms with E-state index in [2.05, 4.69) is 28.0 Å². The lowest BCUT2D eigenvalue weighted by Gasteiger charge is -2.30. The zero-order chi connectivity index (χ0) is 11.1. The lowest BCUT2D eigenvalue weighted by molar-refractivity contribution is 0.264. The maximum atomic E-state index is 6.08. The van der Waals surface area contributed by atoms with E-state index in [0.29, 0.717) is 17.2 Å². The Hall–Kier alpha value is -0.930. The molecule has 4 heteroatoms. The lowest BCUT2D eigenvalue weighted by atomic mass is 9.99. The predicted octanol–water partition coefficient (Wildman–Crippen LogP) is 2.38. The first-order chi connectivity index (χ1) is 7.75. The maximum Gasteiger partial charge on any atom is 0.154 e. The molecule has 3 nitrogen and oxygen atoms in total. The van der Waals surface area contributed by atoms with E-state index >= 15 is 0 Å². The Bertz CT molecular complexity index is 444. The Morgan fingerprint density at radius 3 is 2.88 bits per heavy atom. The van der Waals surface area contributed by atoms with E-state index in [1.807, 2.05) is 0 Å². The second-order valence-electron chi connectivity index (χ2n) is 4.56. The molecule has 0 N–H and O–H groups in total. The number of hydrogen-bond donors (Lipinski definition) is 0. The van der Waals surface area contributed by atoms with Crippen molar-refractivity contribution in [2.24, 2.45) is 0 Å². The van der Waals surface area contributed by atoms with E-state index in [0.717, 1.165) is 12.1 Å². The van der Waals surface area contributed by atoms with Crippen molar-refractivity contribution in [2.45, 2.75) is 31.3 Å². The molecule has 0 aromatic carbocycles. The summed E-state index contributed by atoms with van der Waals surface area (Å²) >= 11 is 6.08. The fraction of sp³-hybridized carbons (Fsp3) is 0.500.